The molecule has 0 saturated heterocycles. The van der Waals surface area contributed by atoms with Crippen LogP contribution in [0.25, 0.3) is 0 Å². The van der Waals surface area contributed by atoms with Crippen LogP contribution < -0.4 is 14.8 Å². The number of benzene rings is 2. The van der Waals surface area contributed by atoms with Gasteiger partial charge in [-0.05, 0) is 88.2 Å². The maximum atomic E-state index is 13.0. The van der Waals surface area contributed by atoms with Crippen LogP contribution in [0, 0.1) is 25.2 Å². The summed E-state index contributed by atoms with van der Waals surface area (Å²) < 4.78 is 33.7. The zero-order valence-corrected chi connectivity index (χ0v) is 20.4. The molecule has 1 aromatic heterocycles. The van der Waals surface area contributed by atoms with Crippen LogP contribution in [0.1, 0.15) is 47.8 Å². The van der Waals surface area contributed by atoms with Crippen LogP contribution >= 0.6 is 0 Å². The lowest BCUT2D eigenvalue weighted by atomic mass is 10.1. The Kier molecular flexibility index (Phi) is 7.05. The van der Waals surface area contributed by atoms with E-state index in [0.29, 0.717) is 22.6 Å². The SMILES string of the molecule is Cc1cc(Oc2ncccc2C#N)ccc1NC(=O)c1cc(S(=O)(=O)NC(C)(C)C)ccc1C. The Morgan fingerprint density at radius 2 is 1.79 bits per heavy atom. The molecular weight excluding hydrogens is 452 g/mol. The van der Waals surface area contributed by atoms with E-state index in [9.17, 15) is 18.5 Å². The van der Waals surface area contributed by atoms with Crippen LogP contribution in [0.2, 0.25) is 0 Å². The zero-order chi connectivity index (χ0) is 25.1. The molecule has 0 aliphatic rings. The minimum Gasteiger partial charge on any atom is -0.438 e. The predicted octanol–water partition coefficient (Wildman–Crippen LogP) is 4.69. The first-order valence-electron chi connectivity index (χ1n) is 10.5. The number of sulfonamides is 1. The van der Waals surface area contributed by atoms with Crippen molar-refractivity contribution in [3.8, 4) is 17.7 Å². The molecule has 34 heavy (non-hydrogen) atoms. The Balaban J connectivity index is 1.83. The second-order valence-corrected chi connectivity index (χ2v) is 10.5. The third-order valence-corrected chi connectivity index (χ3v) is 6.51. The highest BCUT2D eigenvalue weighted by Gasteiger charge is 2.23. The molecule has 2 aromatic carbocycles. The van der Waals surface area contributed by atoms with Gasteiger partial charge < -0.3 is 10.1 Å². The van der Waals surface area contributed by atoms with Gasteiger partial charge in [-0.2, -0.15) is 5.26 Å². The Morgan fingerprint density at radius 3 is 2.44 bits per heavy atom. The van der Waals surface area contributed by atoms with Gasteiger partial charge in [0.25, 0.3) is 5.91 Å². The number of hydrogen-bond donors (Lipinski definition) is 2. The monoisotopic (exact) mass is 478 g/mol. The van der Waals surface area contributed by atoms with E-state index in [-0.39, 0.29) is 16.3 Å². The third kappa shape index (κ3) is 5.98. The molecule has 0 atom stereocenters. The second kappa shape index (κ2) is 9.63. The first-order valence-corrected chi connectivity index (χ1v) is 12.0. The molecule has 1 heterocycles. The second-order valence-electron chi connectivity index (χ2n) is 8.83. The number of anilines is 1. The fraction of sp³-hybridized carbons (Fsp3) is 0.240. The van der Waals surface area contributed by atoms with Crippen molar-refractivity contribution in [2.75, 3.05) is 5.32 Å². The standard InChI is InChI=1S/C25H26N4O4S/c1-16-8-10-20(34(31,32)29-25(3,4)5)14-21(16)23(30)28-22-11-9-19(13-17(22)2)33-24-18(15-26)7-6-12-27-24/h6-14,29H,1-5H3,(H,28,30). The predicted molar refractivity (Wildman–Crippen MR) is 129 cm³/mol. The number of amides is 1. The van der Waals surface area contributed by atoms with Gasteiger partial charge in [-0.15, -0.1) is 0 Å². The van der Waals surface area contributed by atoms with Gasteiger partial charge in [0.15, 0.2) is 0 Å². The van der Waals surface area contributed by atoms with E-state index in [1.165, 1.54) is 18.3 Å². The van der Waals surface area contributed by atoms with Gasteiger partial charge in [0.1, 0.15) is 17.4 Å². The van der Waals surface area contributed by atoms with Crippen LogP contribution in [0.4, 0.5) is 5.69 Å². The number of aromatic nitrogens is 1. The third-order valence-electron chi connectivity index (χ3n) is 4.76. The van der Waals surface area contributed by atoms with E-state index in [0.717, 1.165) is 5.56 Å². The van der Waals surface area contributed by atoms with Crippen molar-refractivity contribution in [3.63, 3.8) is 0 Å². The lowest BCUT2D eigenvalue weighted by Gasteiger charge is -2.21. The molecule has 0 unspecified atom stereocenters. The van der Waals surface area contributed by atoms with Crippen molar-refractivity contribution in [2.24, 2.45) is 0 Å². The largest absolute Gasteiger partial charge is 0.438 e. The van der Waals surface area contributed by atoms with Gasteiger partial charge in [0, 0.05) is 23.0 Å². The van der Waals surface area contributed by atoms with E-state index in [1.54, 1.807) is 71.0 Å². The lowest BCUT2D eigenvalue weighted by molar-refractivity contribution is 0.102. The molecule has 0 aliphatic carbocycles. The molecule has 0 spiro atoms. The molecule has 176 valence electrons. The van der Waals surface area contributed by atoms with Crippen molar-refractivity contribution in [3.05, 3.63) is 77.0 Å². The van der Waals surface area contributed by atoms with Crippen LogP contribution in [-0.4, -0.2) is 24.8 Å². The van der Waals surface area contributed by atoms with E-state index < -0.39 is 21.5 Å². The molecular formula is C25H26N4O4S. The number of ether oxygens (including phenoxy) is 1. The summed E-state index contributed by atoms with van der Waals surface area (Å²) in [5, 5.41) is 12.0. The zero-order valence-electron chi connectivity index (χ0n) is 19.6. The average molecular weight is 479 g/mol. The van der Waals surface area contributed by atoms with Gasteiger partial charge >= 0.3 is 0 Å². The summed E-state index contributed by atoms with van der Waals surface area (Å²) in [5.41, 5.74) is 1.81. The summed E-state index contributed by atoms with van der Waals surface area (Å²) in [6, 6.07) is 14.8. The molecule has 3 rings (SSSR count). The lowest BCUT2D eigenvalue weighted by Crippen LogP contribution is -2.40. The number of carbonyl (C=O) groups is 1. The summed E-state index contributed by atoms with van der Waals surface area (Å²) in [5.74, 6) is 0.223. The summed E-state index contributed by atoms with van der Waals surface area (Å²) in [7, 11) is -3.79. The highest BCUT2D eigenvalue weighted by Crippen LogP contribution is 2.27. The van der Waals surface area contributed by atoms with Crippen LogP contribution in [0.3, 0.4) is 0 Å². The van der Waals surface area contributed by atoms with Crippen molar-refractivity contribution < 1.29 is 17.9 Å². The van der Waals surface area contributed by atoms with E-state index >= 15 is 0 Å². The van der Waals surface area contributed by atoms with Gasteiger partial charge in [-0.25, -0.2) is 18.1 Å². The molecule has 0 fully saturated rings. The Bertz CT molecular complexity index is 1390. The number of carbonyl (C=O) groups excluding carboxylic acids is 1. The average Bonchev–Trinajstić information content (AvgIpc) is 2.74. The molecule has 0 radical (unpaired) electrons. The van der Waals surface area contributed by atoms with Crippen molar-refractivity contribution >= 4 is 21.6 Å². The molecule has 3 aromatic rings. The number of nitriles is 1. The summed E-state index contributed by atoms with van der Waals surface area (Å²) in [6.07, 6.45) is 1.53. The number of hydrogen-bond acceptors (Lipinski definition) is 6. The molecule has 0 aliphatic heterocycles. The Morgan fingerprint density at radius 1 is 1.06 bits per heavy atom. The van der Waals surface area contributed by atoms with Gasteiger partial charge in [0.2, 0.25) is 15.9 Å². The molecule has 0 bridgehead atoms. The minimum atomic E-state index is -3.79. The maximum absolute atomic E-state index is 13.0. The van der Waals surface area contributed by atoms with E-state index in [4.69, 9.17) is 4.74 Å². The topological polar surface area (TPSA) is 121 Å². The van der Waals surface area contributed by atoms with Crippen LogP contribution in [-0.2, 0) is 10.0 Å². The van der Waals surface area contributed by atoms with Crippen molar-refractivity contribution in [1.29, 1.82) is 5.26 Å². The highest BCUT2D eigenvalue weighted by molar-refractivity contribution is 7.89. The first kappa shape index (κ1) is 24.9. The molecule has 2 N–H and O–H groups in total. The number of aryl methyl sites for hydroxylation is 2. The smallest absolute Gasteiger partial charge is 0.255 e. The summed E-state index contributed by atoms with van der Waals surface area (Å²) >= 11 is 0. The van der Waals surface area contributed by atoms with Crippen molar-refractivity contribution in [1.82, 2.24) is 9.71 Å². The number of nitrogens with one attached hydrogen (secondary N) is 2. The molecule has 8 nitrogen and oxygen atoms in total. The van der Waals surface area contributed by atoms with Gasteiger partial charge in [-0.3, -0.25) is 4.79 Å². The number of nitrogens with zero attached hydrogens (tertiary/aromatic N) is 2. The van der Waals surface area contributed by atoms with Crippen LogP contribution in [0.15, 0.2) is 59.6 Å². The fourth-order valence-corrected chi connectivity index (χ4v) is 4.62. The number of rotatable bonds is 6. The summed E-state index contributed by atoms with van der Waals surface area (Å²) in [4.78, 5) is 17.1. The Labute approximate surface area is 199 Å². The first-order chi connectivity index (χ1) is 15.9. The van der Waals surface area contributed by atoms with Crippen LogP contribution in [0.5, 0.6) is 11.6 Å². The van der Waals surface area contributed by atoms with E-state index in [2.05, 4.69) is 15.0 Å². The van der Waals surface area contributed by atoms with Gasteiger partial charge in [0.05, 0.1) is 4.90 Å². The number of pyridine rings is 1. The fourth-order valence-electron chi connectivity index (χ4n) is 3.17. The maximum Gasteiger partial charge on any atom is 0.255 e. The quantitative estimate of drug-likeness (QED) is 0.530. The molecule has 1 amide bonds. The van der Waals surface area contributed by atoms with E-state index in [1.807, 2.05) is 6.07 Å². The molecule has 9 heteroatoms. The minimum absolute atomic E-state index is 0.0160. The highest BCUT2D eigenvalue weighted by atomic mass is 32.2. The normalized spacial score (nSPS) is 11.5. The van der Waals surface area contributed by atoms with Gasteiger partial charge in [-0.1, -0.05) is 6.07 Å². The van der Waals surface area contributed by atoms with Crippen molar-refractivity contribution in [2.45, 2.75) is 45.1 Å². The Hall–Kier alpha value is -3.74. The summed E-state index contributed by atoms with van der Waals surface area (Å²) in [6.45, 7) is 8.78. The molecule has 0 saturated carbocycles.